The van der Waals surface area contributed by atoms with Crippen molar-refractivity contribution in [1.82, 2.24) is 5.12 Å². The molecule has 2 aliphatic rings. The average Bonchev–Trinajstić information content (AvgIpc) is 3.07. The van der Waals surface area contributed by atoms with Gasteiger partial charge in [0.1, 0.15) is 0 Å². The number of carbonyl (C=O) groups excluding carboxylic acids is 3. The molecule has 9 nitrogen and oxygen atoms in total. The number of imide groups is 1. The number of rotatable bonds is 4. The molecule has 1 spiro atoms. The summed E-state index contributed by atoms with van der Waals surface area (Å²) in [6.45, 7) is 1.75. The molecule has 2 aliphatic heterocycles. The van der Waals surface area contributed by atoms with E-state index in [1.165, 1.54) is 0 Å². The van der Waals surface area contributed by atoms with Crippen LogP contribution in [0.1, 0.15) is 19.8 Å². The minimum Gasteiger partial charge on any atom is -0.461 e. The van der Waals surface area contributed by atoms with Crippen molar-refractivity contribution in [2.24, 2.45) is 10.4 Å². The van der Waals surface area contributed by atoms with Gasteiger partial charge < -0.3 is 4.74 Å². The Morgan fingerprint density at radius 1 is 1.29 bits per heavy atom. The number of amides is 2. The lowest BCUT2D eigenvalue weighted by molar-refractivity contribution is -0.135. The molecular formula is C15H14N4O5. The van der Waals surface area contributed by atoms with Gasteiger partial charge in [0, 0.05) is 6.42 Å². The molecule has 3 rings (SSSR count). The van der Waals surface area contributed by atoms with Gasteiger partial charge in [0.05, 0.1) is 24.0 Å². The van der Waals surface area contributed by atoms with Gasteiger partial charge in [0.2, 0.25) is 5.91 Å². The molecule has 0 unspecified atom stereocenters. The number of hydrogen-bond donors (Lipinski definition) is 0. The number of carbonyl (C=O) groups is 3. The van der Waals surface area contributed by atoms with Crippen LogP contribution in [0, 0.1) is 4.91 Å². The Hall–Kier alpha value is -3.10. The first-order chi connectivity index (χ1) is 11.5. The van der Waals surface area contributed by atoms with E-state index < -0.39 is 23.3 Å². The number of hydrogen-bond acceptors (Lipinski definition) is 7. The molecule has 1 saturated heterocycles. The minimum absolute atomic E-state index is 0.104. The summed E-state index contributed by atoms with van der Waals surface area (Å²) in [5.74, 6) is -1.86. The van der Waals surface area contributed by atoms with E-state index in [1.54, 1.807) is 37.3 Å². The monoisotopic (exact) mass is 330 g/mol. The van der Waals surface area contributed by atoms with Gasteiger partial charge in [-0.15, -0.1) is 15.1 Å². The zero-order valence-electron chi connectivity index (χ0n) is 12.8. The number of nitrogens with zero attached hydrogens (tertiary/aromatic N) is 4. The van der Waals surface area contributed by atoms with Crippen LogP contribution in [0.5, 0.6) is 0 Å². The van der Waals surface area contributed by atoms with E-state index in [9.17, 15) is 19.3 Å². The van der Waals surface area contributed by atoms with Crippen molar-refractivity contribution >= 4 is 29.2 Å². The molecular weight excluding hydrogens is 316 g/mol. The Morgan fingerprint density at radius 2 is 2.00 bits per heavy atom. The first-order valence-corrected chi connectivity index (χ1v) is 7.34. The van der Waals surface area contributed by atoms with E-state index in [1.807, 2.05) is 0 Å². The molecule has 124 valence electrons. The SMILES string of the molecule is CCOC(=O)C1=NN(N=O)[C@]2(CC(=O)N(c3ccccc3)C2=O)C1. The van der Waals surface area contributed by atoms with Crippen LogP contribution in [-0.2, 0) is 19.1 Å². The molecule has 2 heterocycles. The molecule has 1 atom stereocenters. The maximum absolute atomic E-state index is 12.9. The number of esters is 1. The van der Waals surface area contributed by atoms with Crippen molar-refractivity contribution in [3.05, 3.63) is 35.2 Å². The summed E-state index contributed by atoms with van der Waals surface area (Å²) in [5, 5.41) is 7.10. The van der Waals surface area contributed by atoms with Crippen molar-refractivity contribution in [1.29, 1.82) is 0 Å². The van der Waals surface area contributed by atoms with Crippen LogP contribution in [0.25, 0.3) is 0 Å². The fourth-order valence-electron chi connectivity index (χ4n) is 2.88. The molecule has 1 aromatic carbocycles. The van der Waals surface area contributed by atoms with Crippen LogP contribution in [0.3, 0.4) is 0 Å². The zero-order chi connectivity index (χ0) is 17.3. The Bertz CT molecular complexity index is 747. The third kappa shape index (κ3) is 2.25. The van der Waals surface area contributed by atoms with Crippen LogP contribution in [0.4, 0.5) is 5.69 Å². The van der Waals surface area contributed by atoms with Crippen molar-refractivity contribution in [3.63, 3.8) is 0 Å². The summed E-state index contributed by atoms with van der Waals surface area (Å²) in [6, 6.07) is 8.34. The fraction of sp³-hybridized carbons (Fsp3) is 0.333. The van der Waals surface area contributed by atoms with E-state index in [0.29, 0.717) is 10.8 Å². The first kappa shape index (κ1) is 15.8. The van der Waals surface area contributed by atoms with Crippen LogP contribution in [0.15, 0.2) is 40.7 Å². The Balaban J connectivity index is 1.94. The van der Waals surface area contributed by atoms with Crippen LogP contribution >= 0.6 is 0 Å². The molecule has 0 bridgehead atoms. The summed E-state index contributed by atoms with van der Waals surface area (Å²) >= 11 is 0. The van der Waals surface area contributed by atoms with Gasteiger partial charge in [-0.1, -0.05) is 18.2 Å². The van der Waals surface area contributed by atoms with Crippen LogP contribution in [0.2, 0.25) is 0 Å². The highest BCUT2D eigenvalue weighted by Gasteiger charge is 2.61. The summed E-state index contributed by atoms with van der Waals surface area (Å²) < 4.78 is 4.84. The van der Waals surface area contributed by atoms with E-state index in [2.05, 4.69) is 10.4 Å². The largest absolute Gasteiger partial charge is 0.461 e. The highest BCUT2D eigenvalue weighted by molar-refractivity contribution is 6.39. The molecule has 1 fully saturated rings. The number of benzene rings is 1. The predicted molar refractivity (Wildman–Crippen MR) is 82.6 cm³/mol. The maximum atomic E-state index is 12.9. The molecule has 0 N–H and O–H groups in total. The molecule has 1 aromatic rings. The Labute approximate surface area is 136 Å². The lowest BCUT2D eigenvalue weighted by atomic mass is 9.92. The standard InChI is InChI=1S/C15H14N4O5/c1-2-24-13(21)11-8-15(19(16-11)17-23)9-12(20)18(14(15)22)10-6-4-3-5-7-10/h3-7H,2,8-9H2,1H3/t15-/m0/s1. The minimum atomic E-state index is -1.60. The Kier molecular flexibility index (Phi) is 3.84. The smallest absolute Gasteiger partial charge is 0.354 e. The van der Waals surface area contributed by atoms with Gasteiger partial charge >= 0.3 is 5.97 Å². The molecule has 24 heavy (non-hydrogen) atoms. The number of ether oxygens (including phenoxy) is 1. The van der Waals surface area contributed by atoms with Gasteiger partial charge in [-0.3, -0.25) is 9.59 Å². The van der Waals surface area contributed by atoms with Gasteiger partial charge in [-0.2, -0.15) is 0 Å². The van der Waals surface area contributed by atoms with Gasteiger partial charge in [-0.25, -0.2) is 9.69 Å². The van der Waals surface area contributed by atoms with Gasteiger partial charge in [0.15, 0.2) is 11.3 Å². The second kappa shape index (κ2) is 5.84. The summed E-state index contributed by atoms with van der Waals surface area (Å²) in [7, 11) is 0. The number of anilines is 1. The van der Waals surface area contributed by atoms with E-state index >= 15 is 0 Å². The third-order valence-electron chi connectivity index (χ3n) is 3.96. The lowest BCUT2D eigenvalue weighted by Crippen LogP contribution is -2.48. The van der Waals surface area contributed by atoms with Crippen LogP contribution in [-0.4, -0.2) is 40.8 Å². The van der Waals surface area contributed by atoms with Crippen LogP contribution < -0.4 is 4.90 Å². The highest BCUT2D eigenvalue weighted by atomic mass is 16.5. The summed E-state index contributed by atoms with van der Waals surface area (Å²) in [4.78, 5) is 49.2. The molecule has 0 aliphatic carbocycles. The van der Waals surface area contributed by atoms with E-state index in [0.717, 1.165) is 4.90 Å². The van der Waals surface area contributed by atoms with E-state index in [-0.39, 0.29) is 25.2 Å². The molecule has 0 aromatic heterocycles. The number of nitroso groups, excluding NO2 is 1. The fourth-order valence-corrected chi connectivity index (χ4v) is 2.88. The Morgan fingerprint density at radius 3 is 2.62 bits per heavy atom. The molecule has 9 heteroatoms. The topological polar surface area (TPSA) is 109 Å². The molecule has 0 radical (unpaired) electrons. The van der Waals surface area contributed by atoms with E-state index in [4.69, 9.17) is 4.74 Å². The second-order valence-corrected chi connectivity index (χ2v) is 5.39. The van der Waals surface area contributed by atoms with Crippen molar-refractivity contribution < 1.29 is 19.1 Å². The van der Waals surface area contributed by atoms with Crippen molar-refractivity contribution in [2.45, 2.75) is 25.3 Å². The predicted octanol–water partition coefficient (Wildman–Crippen LogP) is 0.995. The van der Waals surface area contributed by atoms with Crippen molar-refractivity contribution in [3.8, 4) is 0 Å². The second-order valence-electron chi connectivity index (χ2n) is 5.39. The average molecular weight is 330 g/mol. The number of para-hydroxylation sites is 1. The maximum Gasteiger partial charge on any atom is 0.354 e. The summed E-state index contributed by atoms with van der Waals surface area (Å²) in [6.07, 6.45) is -0.496. The van der Waals surface area contributed by atoms with Crippen molar-refractivity contribution in [2.75, 3.05) is 11.5 Å². The summed E-state index contributed by atoms with van der Waals surface area (Å²) in [5.41, 5.74) is -1.32. The highest BCUT2D eigenvalue weighted by Crippen LogP contribution is 2.40. The molecule has 2 amide bonds. The zero-order valence-corrected chi connectivity index (χ0v) is 12.8. The van der Waals surface area contributed by atoms with Gasteiger partial charge in [0.25, 0.3) is 5.91 Å². The number of hydrazone groups is 1. The first-order valence-electron chi connectivity index (χ1n) is 7.34. The quantitative estimate of drug-likeness (QED) is 0.463. The normalized spacial score (nSPS) is 23.0. The third-order valence-corrected chi connectivity index (χ3v) is 3.96. The van der Waals surface area contributed by atoms with Gasteiger partial charge in [-0.05, 0) is 19.1 Å². The lowest BCUT2D eigenvalue weighted by Gasteiger charge is -2.24. The molecule has 0 saturated carbocycles.